The van der Waals surface area contributed by atoms with Gasteiger partial charge in [-0.25, -0.2) is 8.42 Å². The average Bonchev–Trinajstić information content (AvgIpc) is 2.90. The third-order valence-corrected chi connectivity index (χ3v) is 7.79. The topological polar surface area (TPSA) is 95.9 Å². The van der Waals surface area contributed by atoms with Gasteiger partial charge in [0.2, 0.25) is 5.91 Å². The number of ether oxygens (including phenoxy) is 1. The lowest BCUT2D eigenvalue weighted by Gasteiger charge is -2.33. The fourth-order valence-electron chi connectivity index (χ4n) is 3.79. The van der Waals surface area contributed by atoms with Gasteiger partial charge in [0.15, 0.2) is 0 Å². The Morgan fingerprint density at radius 3 is 1.90 bits per heavy atom. The zero-order valence-electron chi connectivity index (χ0n) is 21.0. The van der Waals surface area contributed by atoms with E-state index in [9.17, 15) is 44.7 Å². The Morgan fingerprint density at radius 2 is 1.43 bits per heavy atom. The summed E-state index contributed by atoms with van der Waals surface area (Å²) in [7, 11) is -3.04. The van der Waals surface area contributed by atoms with Crippen LogP contribution in [-0.4, -0.2) is 45.4 Å². The van der Waals surface area contributed by atoms with Crippen molar-refractivity contribution >= 4 is 21.6 Å². The largest absolute Gasteiger partial charge is 0.497 e. The Kier molecular flexibility index (Phi) is 8.74. The summed E-state index contributed by atoms with van der Waals surface area (Å²) in [5, 5.41) is 12.3. The molecule has 1 amide bonds. The third kappa shape index (κ3) is 6.17. The first kappa shape index (κ1) is 30.8. The Bertz CT molecular complexity index is 1400. The van der Waals surface area contributed by atoms with Gasteiger partial charge in [-0.15, -0.1) is 0 Å². The van der Waals surface area contributed by atoms with E-state index in [1.54, 1.807) is 31.2 Å². The van der Waals surface area contributed by atoms with E-state index in [2.05, 4.69) is 5.32 Å². The Hall–Kier alpha value is -3.78. The number of nitrogens with zero attached hydrogens (tertiary/aromatic N) is 1. The highest BCUT2D eigenvalue weighted by Crippen LogP contribution is 2.50. The van der Waals surface area contributed by atoms with E-state index in [1.807, 2.05) is 0 Å². The van der Waals surface area contributed by atoms with Crippen molar-refractivity contribution in [2.75, 3.05) is 18.0 Å². The summed E-state index contributed by atoms with van der Waals surface area (Å²) in [6.45, 7) is 0.763. The Balaban J connectivity index is 1.98. The third-order valence-electron chi connectivity index (χ3n) is 6.01. The van der Waals surface area contributed by atoms with Crippen LogP contribution in [0.4, 0.5) is 32.0 Å². The van der Waals surface area contributed by atoms with Gasteiger partial charge >= 0.3 is 12.4 Å². The summed E-state index contributed by atoms with van der Waals surface area (Å²) >= 11 is 0. The molecular formula is C26H24F6N2O5S. The molecule has 216 valence electrons. The molecule has 7 nitrogen and oxygen atoms in total. The van der Waals surface area contributed by atoms with E-state index < -0.39 is 57.7 Å². The number of anilines is 1. The molecule has 3 aromatic carbocycles. The van der Waals surface area contributed by atoms with Crippen LogP contribution in [0, 0.1) is 0 Å². The molecule has 0 aliphatic carbocycles. The molecule has 0 radical (unpaired) electrons. The smallest absolute Gasteiger partial charge is 0.430 e. The fraction of sp³-hybridized carbons (Fsp3) is 0.269. The number of methoxy groups -OCH3 is 1. The molecule has 0 fully saturated rings. The number of nitrogens with one attached hydrogen (secondary N) is 1. The highest BCUT2D eigenvalue weighted by Gasteiger charge is 2.71. The highest BCUT2D eigenvalue weighted by atomic mass is 32.2. The maximum atomic E-state index is 13.4. The van der Waals surface area contributed by atoms with Gasteiger partial charge in [0.1, 0.15) is 12.3 Å². The van der Waals surface area contributed by atoms with E-state index in [1.165, 1.54) is 37.4 Å². The molecule has 3 aromatic rings. The van der Waals surface area contributed by atoms with Crippen LogP contribution in [0.5, 0.6) is 5.75 Å². The highest BCUT2D eigenvalue weighted by molar-refractivity contribution is 7.92. The maximum absolute atomic E-state index is 13.4. The second-order valence-corrected chi connectivity index (χ2v) is 10.5. The number of hydrogen-bond acceptors (Lipinski definition) is 5. The summed E-state index contributed by atoms with van der Waals surface area (Å²) in [6, 6.07) is 14.7. The van der Waals surface area contributed by atoms with Gasteiger partial charge in [0, 0.05) is 5.56 Å². The van der Waals surface area contributed by atoms with Crippen LogP contribution in [0.15, 0.2) is 83.8 Å². The monoisotopic (exact) mass is 590 g/mol. The van der Waals surface area contributed by atoms with Gasteiger partial charge in [-0.2, -0.15) is 26.3 Å². The van der Waals surface area contributed by atoms with Crippen molar-refractivity contribution in [2.45, 2.75) is 35.8 Å². The number of hydrogen-bond donors (Lipinski definition) is 2. The number of carbonyl (C=O) groups is 1. The van der Waals surface area contributed by atoms with Crippen LogP contribution in [0.3, 0.4) is 0 Å². The molecule has 0 saturated heterocycles. The van der Waals surface area contributed by atoms with Crippen LogP contribution < -0.4 is 14.4 Å². The SMILES string of the molecule is COc1ccc(C(C)NC(=O)CN(c2ccc(C(O)(C(F)(F)F)C(F)(F)F)cc2)S(=O)(=O)c2ccccc2)cc1. The van der Waals surface area contributed by atoms with Crippen LogP contribution in [0.25, 0.3) is 0 Å². The van der Waals surface area contributed by atoms with Crippen molar-refractivity contribution in [1.82, 2.24) is 5.32 Å². The minimum atomic E-state index is -6.12. The van der Waals surface area contributed by atoms with Gasteiger partial charge < -0.3 is 15.2 Å². The summed E-state index contributed by atoms with van der Waals surface area (Å²) in [5.74, 6) is -0.247. The predicted octanol–water partition coefficient (Wildman–Crippen LogP) is 5.08. The molecule has 14 heteroatoms. The standard InChI is InChI=1S/C26H24F6N2O5S/c1-17(18-8-14-21(39-2)15-9-18)33-23(35)16-34(40(37,38)22-6-4-3-5-7-22)20-12-10-19(11-13-20)24(36,25(27,28)29)26(30,31)32/h3-15,17,36H,16H2,1-2H3,(H,33,35). The number of sulfonamides is 1. The second kappa shape index (κ2) is 11.4. The van der Waals surface area contributed by atoms with Crippen molar-refractivity contribution in [3.8, 4) is 5.75 Å². The molecule has 1 atom stereocenters. The number of halogens is 6. The number of rotatable bonds is 9. The maximum Gasteiger partial charge on any atom is 0.430 e. The normalized spacial score (nSPS) is 13.4. The van der Waals surface area contributed by atoms with E-state index in [4.69, 9.17) is 4.74 Å². The summed E-state index contributed by atoms with van der Waals surface area (Å²) < 4.78 is 112. The first-order chi connectivity index (χ1) is 18.5. The molecule has 0 aromatic heterocycles. The lowest BCUT2D eigenvalue weighted by Crippen LogP contribution is -2.53. The van der Waals surface area contributed by atoms with Crippen molar-refractivity contribution < 1.29 is 49.4 Å². The number of benzene rings is 3. The lowest BCUT2D eigenvalue weighted by atomic mass is 9.92. The van der Waals surface area contributed by atoms with Gasteiger partial charge in [-0.1, -0.05) is 42.5 Å². The van der Waals surface area contributed by atoms with E-state index >= 15 is 0 Å². The first-order valence-electron chi connectivity index (χ1n) is 11.5. The van der Waals surface area contributed by atoms with Gasteiger partial charge in [-0.05, 0) is 48.9 Å². The van der Waals surface area contributed by atoms with E-state index in [0.717, 1.165) is 0 Å². The molecule has 3 rings (SSSR count). The fourth-order valence-corrected chi connectivity index (χ4v) is 5.23. The number of amides is 1. The molecule has 1 unspecified atom stereocenters. The average molecular weight is 591 g/mol. The predicted molar refractivity (Wildman–Crippen MR) is 133 cm³/mol. The van der Waals surface area contributed by atoms with Crippen molar-refractivity contribution in [3.05, 3.63) is 90.0 Å². The van der Waals surface area contributed by atoms with Gasteiger partial charge in [-0.3, -0.25) is 9.10 Å². The summed E-state index contributed by atoms with van der Waals surface area (Å²) in [4.78, 5) is 12.6. The zero-order chi connectivity index (χ0) is 29.9. The second-order valence-electron chi connectivity index (χ2n) is 8.64. The molecule has 0 bridgehead atoms. The van der Waals surface area contributed by atoms with Crippen LogP contribution in [-0.2, 0) is 20.4 Å². The van der Waals surface area contributed by atoms with Gasteiger partial charge in [0.25, 0.3) is 15.6 Å². The van der Waals surface area contributed by atoms with E-state index in [-0.39, 0.29) is 4.90 Å². The summed E-state index contributed by atoms with van der Waals surface area (Å²) in [5.41, 5.74) is -6.54. The molecule has 0 aliphatic rings. The molecule has 40 heavy (non-hydrogen) atoms. The number of carbonyl (C=O) groups excluding carboxylic acids is 1. The quantitative estimate of drug-likeness (QED) is 0.339. The Labute approximate surface area is 226 Å². The molecular weight excluding hydrogens is 566 g/mol. The van der Waals surface area contributed by atoms with Crippen LogP contribution in [0.2, 0.25) is 0 Å². The summed E-state index contributed by atoms with van der Waals surface area (Å²) in [6.07, 6.45) is -12.2. The van der Waals surface area contributed by atoms with Crippen LogP contribution >= 0.6 is 0 Å². The molecule has 2 N–H and O–H groups in total. The lowest BCUT2D eigenvalue weighted by molar-refractivity contribution is -0.376. The molecule has 0 saturated carbocycles. The minimum absolute atomic E-state index is 0.280. The zero-order valence-corrected chi connectivity index (χ0v) is 21.8. The van der Waals surface area contributed by atoms with Crippen LogP contribution in [0.1, 0.15) is 24.1 Å². The number of alkyl halides is 6. The molecule has 0 aliphatic heterocycles. The molecule has 0 heterocycles. The minimum Gasteiger partial charge on any atom is -0.497 e. The Morgan fingerprint density at radius 1 is 0.900 bits per heavy atom. The van der Waals surface area contributed by atoms with Crippen molar-refractivity contribution in [1.29, 1.82) is 0 Å². The van der Waals surface area contributed by atoms with E-state index in [0.29, 0.717) is 39.9 Å². The first-order valence-corrected chi connectivity index (χ1v) is 12.9. The molecule has 0 spiro atoms. The van der Waals surface area contributed by atoms with Crippen molar-refractivity contribution in [2.24, 2.45) is 0 Å². The number of aliphatic hydroxyl groups is 1. The van der Waals surface area contributed by atoms with Gasteiger partial charge in [0.05, 0.1) is 23.7 Å². The van der Waals surface area contributed by atoms with Crippen molar-refractivity contribution in [3.63, 3.8) is 0 Å².